The number of halogens is 5. The van der Waals surface area contributed by atoms with Crippen molar-refractivity contribution in [2.24, 2.45) is 0 Å². The van der Waals surface area contributed by atoms with E-state index in [0.717, 1.165) is 22.9 Å². The van der Waals surface area contributed by atoms with Crippen molar-refractivity contribution in [3.8, 4) is 17.1 Å². The topological polar surface area (TPSA) is 59.8 Å². The van der Waals surface area contributed by atoms with Crippen LogP contribution in [0.25, 0.3) is 17.1 Å². The van der Waals surface area contributed by atoms with Crippen LogP contribution >= 0.6 is 35.0 Å². The number of thioether (sulfide) groups is 1. The highest BCUT2D eigenvalue weighted by Crippen LogP contribution is 2.35. The number of rotatable bonds is 6. The van der Waals surface area contributed by atoms with Crippen LogP contribution in [0.5, 0.6) is 0 Å². The molecule has 0 aliphatic heterocycles. The average Bonchev–Trinajstić information content (AvgIpc) is 3.15. The number of amides is 1. The van der Waals surface area contributed by atoms with Gasteiger partial charge in [0.2, 0.25) is 5.91 Å². The Bertz CT molecular complexity index is 1140. The second kappa shape index (κ2) is 9.95. The molecule has 0 saturated carbocycles. The van der Waals surface area contributed by atoms with Crippen molar-refractivity contribution in [2.45, 2.75) is 37.5 Å². The molecule has 0 saturated heterocycles. The van der Waals surface area contributed by atoms with Crippen LogP contribution in [-0.4, -0.2) is 39.1 Å². The molecule has 0 radical (unpaired) electrons. The summed E-state index contributed by atoms with van der Waals surface area (Å²) < 4.78 is 38.7. The van der Waals surface area contributed by atoms with Gasteiger partial charge in [-0.25, -0.2) is 0 Å². The highest BCUT2D eigenvalue weighted by molar-refractivity contribution is 7.99. The summed E-state index contributed by atoms with van der Waals surface area (Å²) in [7, 11) is 0. The van der Waals surface area contributed by atoms with Crippen LogP contribution in [0.15, 0.2) is 47.6 Å². The predicted octanol–water partition coefficient (Wildman–Crippen LogP) is 6.31. The lowest BCUT2D eigenvalue weighted by Gasteiger charge is -2.19. The fourth-order valence-electron chi connectivity index (χ4n) is 2.93. The van der Waals surface area contributed by atoms with E-state index in [1.807, 2.05) is 29.6 Å². The Kier molecular flexibility index (Phi) is 7.65. The first-order chi connectivity index (χ1) is 15.4. The molecule has 11 heteroatoms. The molecule has 176 valence electrons. The first-order valence-electron chi connectivity index (χ1n) is 9.84. The van der Waals surface area contributed by atoms with Crippen LogP contribution in [0.2, 0.25) is 10.0 Å². The summed E-state index contributed by atoms with van der Waals surface area (Å²) in [5.74, 6) is -0.604. The van der Waals surface area contributed by atoms with Crippen LogP contribution in [-0.2, 0) is 10.2 Å². The van der Waals surface area contributed by atoms with Crippen molar-refractivity contribution in [2.75, 3.05) is 12.3 Å². The minimum Gasteiger partial charge on any atom is -0.346 e. The maximum Gasteiger partial charge on any atom is 0.405 e. The van der Waals surface area contributed by atoms with Gasteiger partial charge in [0.05, 0.1) is 21.5 Å². The highest BCUT2D eigenvalue weighted by atomic mass is 35.5. The molecular weight excluding hydrogens is 496 g/mol. The van der Waals surface area contributed by atoms with Gasteiger partial charge < -0.3 is 5.32 Å². The third-order valence-corrected chi connectivity index (χ3v) is 6.37. The molecule has 0 spiro atoms. The molecular formula is C22H21Cl2F3N4OS. The Morgan fingerprint density at radius 2 is 1.73 bits per heavy atom. The van der Waals surface area contributed by atoms with Gasteiger partial charge in [-0.05, 0) is 23.1 Å². The summed E-state index contributed by atoms with van der Waals surface area (Å²) >= 11 is 13.6. The molecule has 0 aliphatic carbocycles. The fourth-order valence-corrected chi connectivity index (χ4v) is 4.09. The lowest BCUT2D eigenvalue weighted by atomic mass is 9.87. The maximum absolute atomic E-state index is 12.4. The van der Waals surface area contributed by atoms with Crippen LogP contribution in [0.3, 0.4) is 0 Å². The summed E-state index contributed by atoms with van der Waals surface area (Å²) in [4.78, 5) is 11.9. The summed E-state index contributed by atoms with van der Waals surface area (Å²) in [6.07, 6.45) is -4.49. The van der Waals surface area contributed by atoms with Gasteiger partial charge in [0, 0.05) is 5.56 Å². The summed E-state index contributed by atoms with van der Waals surface area (Å²) in [5, 5.41) is 11.1. The quantitative estimate of drug-likeness (QED) is 0.390. The molecule has 3 aromatic rings. The number of alkyl halides is 3. The van der Waals surface area contributed by atoms with E-state index < -0.39 is 18.6 Å². The first-order valence-corrected chi connectivity index (χ1v) is 11.6. The molecule has 1 heterocycles. The molecule has 33 heavy (non-hydrogen) atoms. The van der Waals surface area contributed by atoms with Crippen LogP contribution < -0.4 is 5.32 Å². The Morgan fingerprint density at radius 1 is 1.06 bits per heavy atom. The van der Waals surface area contributed by atoms with E-state index in [-0.39, 0.29) is 21.3 Å². The highest BCUT2D eigenvalue weighted by Gasteiger charge is 2.28. The molecule has 3 rings (SSSR count). The summed E-state index contributed by atoms with van der Waals surface area (Å²) in [6.45, 7) is 4.92. The predicted molar refractivity (Wildman–Crippen MR) is 125 cm³/mol. The number of hydrogen-bond acceptors (Lipinski definition) is 4. The third-order valence-electron chi connectivity index (χ3n) is 4.63. The van der Waals surface area contributed by atoms with Gasteiger partial charge in [0.1, 0.15) is 6.54 Å². The van der Waals surface area contributed by atoms with Crippen LogP contribution in [0, 0.1) is 0 Å². The Labute approximate surface area is 203 Å². The van der Waals surface area contributed by atoms with Crippen molar-refractivity contribution >= 4 is 40.9 Å². The van der Waals surface area contributed by atoms with E-state index >= 15 is 0 Å². The normalized spacial score (nSPS) is 12.1. The first kappa shape index (κ1) is 25.4. The molecule has 0 unspecified atom stereocenters. The largest absolute Gasteiger partial charge is 0.405 e. The SMILES string of the molecule is CC(C)(C)c1ccc(-c2nnc(SCC(=O)NCC(F)(F)F)n2-c2cccc(Cl)c2Cl)cc1. The van der Waals surface area contributed by atoms with E-state index in [2.05, 4.69) is 31.0 Å². The second-order valence-electron chi connectivity index (χ2n) is 8.22. The van der Waals surface area contributed by atoms with Gasteiger partial charge in [-0.1, -0.05) is 86.1 Å². The van der Waals surface area contributed by atoms with Crippen molar-refractivity contribution < 1.29 is 18.0 Å². The molecule has 0 bridgehead atoms. The molecule has 0 atom stereocenters. The zero-order valence-electron chi connectivity index (χ0n) is 18.0. The smallest absolute Gasteiger partial charge is 0.346 e. The number of aromatic nitrogens is 3. The number of nitrogens with zero attached hydrogens (tertiary/aromatic N) is 3. The number of nitrogens with one attached hydrogen (secondary N) is 1. The summed E-state index contributed by atoms with van der Waals surface area (Å²) in [5.41, 5.74) is 2.34. The van der Waals surface area contributed by atoms with E-state index in [1.165, 1.54) is 0 Å². The summed E-state index contributed by atoms with van der Waals surface area (Å²) in [6, 6.07) is 12.9. The molecule has 1 N–H and O–H groups in total. The second-order valence-corrected chi connectivity index (χ2v) is 9.95. The van der Waals surface area contributed by atoms with E-state index in [4.69, 9.17) is 23.2 Å². The zero-order valence-corrected chi connectivity index (χ0v) is 20.3. The van der Waals surface area contributed by atoms with Gasteiger partial charge in [-0.2, -0.15) is 13.2 Å². The number of carbonyl (C=O) groups excluding carboxylic acids is 1. The maximum atomic E-state index is 12.4. The number of hydrogen-bond donors (Lipinski definition) is 1. The lowest BCUT2D eigenvalue weighted by molar-refractivity contribution is -0.136. The molecule has 2 aromatic carbocycles. The van der Waals surface area contributed by atoms with Crippen molar-refractivity contribution in [1.82, 2.24) is 20.1 Å². The lowest BCUT2D eigenvalue weighted by Crippen LogP contribution is -2.34. The molecule has 1 amide bonds. The van der Waals surface area contributed by atoms with E-state index in [1.54, 1.807) is 22.8 Å². The minimum absolute atomic E-state index is 0.0345. The van der Waals surface area contributed by atoms with Gasteiger partial charge in [-0.15, -0.1) is 10.2 Å². The van der Waals surface area contributed by atoms with Crippen LogP contribution in [0.4, 0.5) is 13.2 Å². The molecule has 0 aliphatic rings. The Balaban J connectivity index is 1.97. The van der Waals surface area contributed by atoms with Crippen molar-refractivity contribution in [3.63, 3.8) is 0 Å². The third kappa shape index (κ3) is 6.43. The Morgan fingerprint density at radius 3 is 2.33 bits per heavy atom. The zero-order chi connectivity index (χ0) is 24.4. The van der Waals surface area contributed by atoms with Gasteiger partial charge in [0.15, 0.2) is 11.0 Å². The van der Waals surface area contributed by atoms with E-state index in [0.29, 0.717) is 16.5 Å². The number of benzene rings is 2. The van der Waals surface area contributed by atoms with Gasteiger partial charge in [0.25, 0.3) is 0 Å². The molecule has 0 fully saturated rings. The van der Waals surface area contributed by atoms with Gasteiger partial charge >= 0.3 is 6.18 Å². The standard InChI is InChI=1S/C22H21Cl2F3N4OS/c1-21(2,3)14-9-7-13(8-10-14)19-29-30-20(33-11-17(32)28-12-22(25,26)27)31(19)16-6-4-5-15(23)18(16)24/h4-10H,11-12H2,1-3H3,(H,28,32). The van der Waals surface area contributed by atoms with Crippen molar-refractivity contribution in [3.05, 3.63) is 58.1 Å². The van der Waals surface area contributed by atoms with E-state index in [9.17, 15) is 18.0 Å². The molecule has 5 nitrogen and oxygen atoms in total. The Hall–Kier alpha value is -2.23. The molecule has 1 aromatic heterocycles. The van der Waals surface area contributed by atoms with Gasteiger partial charge in [-0.3, -0.25) is 9.36 Å². The number of carbonyl (C=O) groups is 1. The fraction of sp³-hybridized carbons (Fsp3) is 0.318. The average molecular weight is 517 g/mol. The van der Waals surface area contributed by atoms with Crippen LogP contribution in [0.1, 0.15) is 26.3 Å². The van der Waals surface area contributed by atoms with Crippen molar-refractivity contribution in [1.29, 1.82) is 0 Å². The monoisotopic (exact) mass is 516 g/mol. The minimum atomic E-state index is -4.49.